The van der Waals surface area contributed by atoms with Crippen molar-refractivity contribution >= 4 is 11.9 Å². The van der Waals surface area contributed by atoms with Crippen LogP contribution in [0.3, 0.4) is 0 Å². The SMILES string of the molecule is CCN(CC(=O)OC(C)(C)C)[C@H]1CCCC[C@@H]1N(CC)CC(=O)OC(C)(C)C. The maximum atomic E-state index is 12.4. The number of hydrogen-bond acceptors (Lipinski definition) is 6. The van der Waals surface area contributed by atoms with E-state index in [-0.39, 0.29) is 24.0 Å². The third kappa shape index (κ3) is 8.91. The summed E-state index contributed by atoms with van der Waals surface area (Å²) in [5, 5.41) is 0. The predicted molar refractivity (Wildman–Crippen MR) is 112 cm³/mol. The Balaban J connectivity index is 2.85. The van der Waals surface area contributed by atoms with Gasteiger partial charge >= 0.3 is 11.9 Å². The lowest BCUT2D eigenvalue weighted by atomic mass is 9.87. The van der Waals surface area contributed by atoms with Crippen LogP contribution in [0, 0.1) is 0 Å². The van der Waals surface area contributed by atoms with Crippen LogP contribution in [0.25, 0.3) is 0 Å². The summed E-state index contributed by atoms with van der Waals surface area (Å²) in [5.74, 6) is -0.372. The first kappa shape index (κ1) is 24.9. The number of carbonyl (C=O) groups excluding carboxylic acids is 2. The highest BCUT2D eigenvalue weighted by atomic mass is 16.6. The van der Waals surface area contributed by atoms with Gasteiger partial charge in [0, 0.05) is 12.1 Å². The molecule has 0 N–H and O–H groups in total. The first-order chi connectivity index (χ1) is 12.9. The highest BCUT2D eigenvalue weighted by molar-refractivity contribution is 5.72. The Hall–Kier alpha value is -1.14. The van der Waals surface area contributed by atoms with Gasteiger partial charge < -0.3 is 9.47 Å². The summed E-state index contributed by atoms with van der Waals surface area (Å²) in [7, 11) is 0. The standard InChI is InChI=1S/C22H42N2O4/c1-9-23(15-19(25)27-21(3,4)5)17-13-11-12-14-18(17)24(10-2)16-20(26)28-22(6,7)8/h17-18H,9-16H2,1-8H3/t17-,18-/m0/s1. The second-order valence-electron chi connectivity index (χ2n) is 9.72. The predicted octanol–water partition coefficient (Wildman–Crippen LogP) is 3.62. The molecule has 0 aromatic rings. The van der Waals surface area contributed by atoms with Crippen molar-refractivity contribution in [2.24, 2.45) is 0 Å². The van der Waals surface area contributed by atoms with Gasteiger partial charge in [0.15, 0.2) is 0 Å². The van der Waals surface area contributed by atoms with E-state index in [0.29, 0.717) is 13.1 Å². The average molecular weight is 399 g/mol. The molecule has 28 heavy (non-hydrogen) atoms. The fourth-order valence-electron chi connectivity index (χ4n) is 3.95. The molecule has 0 unspecified atom stereocenters. The fraction of sp³-hybridized carbons (Fsp3) is 0.909. The highest BCUT2D eigenvalue weighted by Crippen LogP contribution is 2.28. The van der Waals surface area contributed by atoms with Gasteiger partial charge in [-0.05, 0) is 67.5 Å². The lowest BCUT2D eigenvalue weighted by molar-refractivity contribution is -0.160. The van der Waals surface area contributed by atoms with E-state index in [1.54, 1.807) is 0 Å². The van der Waals surface area contributed by atoms with E-state index in [9.17, 15) is 9.59 Å². The zero-order valence-electron chi connectivity index (χ0n) is 19.3. The third-order valence-corrected chi connectivity index (χ3v) is 4.95. The molecular weight excluding hydrogens is 356 g/mol. The van der Waals surface area contributed by atoms with Crippen molar-refractivity contribution in [1.82, 2.24) is 9.80 Å². The van der Waals surface area contributed by atoms with Crippen molar-refractivity contribution in [3.8, 4) is 0 Å². The second kappa shape index (κ2) is 10.6. The Bertz CT molecular complexity index is 462. The van der Waals surface area contributed by atoms with Gasteiger partial charge in [-0.1, -0.05) is 26.7 Å². The van der Waals surface area contributed by atoms with E-state index in [2.05, 4.69) is 23.6 Å². The maximum Gasteiger partial charge on any atom is 0.320 e. The summed E-state index contributed by atoms with van der Waals surface area (Å²) in [5.41, 5.74) is -0.955. The van der Waals surface area contributed by atoms with E-state index in [1.807, 2.05) is 41.5 Å². The van der Waals surface area contributed by atoms with Crippen LogP contribution in [0.15, 0.2) is 0 Å². The van der Waals surface area contributed by atoms with E-state index in [1.165, 1.54) is 0 Å². The van der Waals surface area contributed by atoms with Gasteiger partial charge in [0.1, 0.15) is 11.2 Å². The normalized spacial score (nSPS) is 21.1. The summed E-state index contributed by atoms with van der Waals surface area (Å²) in [6, 6.07) is 0.488. The fourth-order valence-corrected chi connectivity index (χ4v) is 3.95. The molecule has 0 aliphatic heterocycles. The second-order valence-corrected chi connectivity index (χ2v) is 9.72. The minimum Gasteiger partial charge on any atom is -0.459 e. The zero-order valence-corrected chi connectivity index (χ0v) is 19.3. The molecule has 0 aromatic carbocycles. The molecule has 0 heterocycles. The Morgan fingerprint density at radius 3 is 1.32 bits per heavy atom. The summed E-state index contributed by atoms with van der Waals surface area (Å²) < 4.78 is 11.1. The van der Waals surface area contributed by atoms with Gasteiger partial charge in [-0.3, -0.25) is 19.4 Å². The number of esters is 2. The Kier molecular flexibility index (Phi) is 9.41. The topological polar surface area (TPSA) is 59.1 Å². The van der Waals surface area contributed by atoms with E-state index >= 15 is 0 Å². The Morgan fingerprint density at radius 1 is 0.750 bits per heavy atom. The van der Waals surface area contributed by atoms with Crippen molar-refractivity contribution in [1.29, 1.82) is 0 Å². The summed E-state index contributed by atoms with van der Waals surface area (Å²) in [4.78, 5) is 29.2. The third-order valence-electron chi connectivity index (χ3n) is 4.95. The quantitative estimate of drug-likeness (QED) is 0.582. The zero-order chi connectivity index (χ0) is 21.5. The number of rotatable bonds is 8. The van der Waals surface area contributed by atoms with Gasteiger partial charge in [-0.15, -0.1) is 0 Å². The van der Waals surface area contributed by atoms with Gasteiger partial charge in [-0.25, -0.2) is 0 Å². The monoisotopic (exact) mass is 398 g/mol. The first-order valence-corrected chi connectivity index (χ1v) is 10.8. The van der Waals surface area contributed by atoms with Crippen LogP contribution in [0.1, 0.15) is 81.1 Å². The molecule has 0 spiro atoms. The molecule has 0 saturated heterocycles. The molecule has 0 radical (unpaired) electrons. The molecule has 164 valence electrons. The van der Waals surface area contributed by atoms with Gasteiger partial charge in [0.25, 0.3) is 0 Å². The summed E-state index contributed by atoms with van der Waals surface area (Å²) in [6.07, 6.45) is 4.37. The summed E-state index contributed by atoms with van der Waals surface area (Å²) in [6.45, 7) is 17.7. The van der Waals surface area contributed by atoms with Crippen LogP contribution < -0.4 is 0 Å². The molecule has 2 atom stereocenters. The molecule has 1 aliphatic carbocycles. The van der Waals surface area contributed by atoms with Crippen molar-refractivity contribution in [3.05, 3.63) is 0 Å². The van der Waals surface area contributed by atoms with Crippen LogP contribution in [0.5, 0.6) is 0 Å². The molecule has 1 aliphatic rings. The molecule has 1 rings (SSSR count). The maximum absolute atomic E-state index is 12.4. The average Bonchev–Trinajstić information content (AvgIpc) is 2.54. The number of nitrogens with zero attached hydrogens (tertiary/aromatic N) is 2. The van der Waals surface area contributed by atoms with Gasteiger partial charge in [-0.2, -0.15) is 0 Å². The van der Waals surface area contributed by atoms with E-state index in [4.69, 9.17) is 9.47 Å². The number of hydrogen-bond donors (Lipinski definition) is 0. The van der Waals surface area contributed by atoms with Crippen LogP contribution >= 0.6 is 0 Å². The minimum absolute atomic E-state index is 0.186. The Morgan fingerprint density at radius 2 is 1.07 bits per heavy atom. The van der Waals surface area contributed by atoms with Gasteiger partial charge in [0.05, 0.1) is 13.1 Å². The highest BCUT2D eigenvalue weighted by Gasteiger charge is 2.35. The van der Waals surface area contributed by atoms with Crippen molar-refractivity contribution < 1.29 is 19.1 Å². The minimum atomic E-state index is -0.478. The van der Waals surface area contributed by atoms with Crippen molar-refractivity contribution in [3.63, 3.8) is 0 Å². The van der Waals surface area contributed by atoms with Crippen LogP contribution in [0.2, 0.25) is 0 Å². The largest absolute Gasteiger partial charge is 0.459 e. The first-order valence-electron chi connectivity index (χ1n) is 10.8. The Labute approximate surface area is 171 Å². The van der Waals surface area contributed by atoms with E-state index < -0.39 is 11.2 Å². The molecule has 0 bridgehead atoms. The molecule has 6 nitrogen and oxygen atoms in total. The smallest absolute Gasteiger partial charge is 0.320 e. The molecule has 1 fully saturated rings. The number of likely N-dealkylation sites (N-methyl/N-ethyl adjacent to an activating group) is 2. The molecule has 6 heteroatoms. The molecule has 1 saturated carbocycles. The number of carbonyl (C=O) groups is 2. The lowest BCUT2D eigenvalue weighted by Crippen LogP contribution is -2.56. The van der Waals surface area contributed by atoms with E-state index in [0.717, 1.165) is 38.8 Å². The molecule has 0 aromatic heterocycles. The van der Waals surface area contributed by atoms with Crippen LogP contribution in [-0.2, 0) is 19.1 Å². The molecule has 0 amide bonds. The number of ether oxygens (including phenoxy) is 2. The van der Waals surface area contributed by atoms with Crippen LogP contribution in [0.4, 0.5) is 0 Å². The van der Waals surface area contributed by atoms with Gasteiger partial charge in [0.2, 0.25) is 0 Å². The summed E-state index contributed by atoms with van der Waals surface area (Å²) >= 11 is 0. The lowest BCUT2D eigenvalue weighted by Gasteiger charge is -2.44. The van der Waals surface area contributed by atoms with Crippen molar-refractivity contribution in [2.45, 2.75) is 104 Å². The van der Waals surface area contributed by atoms with Crippen molar-refractivity contribution in [2.75, 3.05) is 26.2 Å². The van der Waals surface area contributed by atoms with Crippen LogP contribution in [-0.4, -0.2) is 71.2 Å². The molecular formula is C22H42N2O4.